The van der Waals surface area contributed by atoms with Crippen LogP contribution in [0.3, 0.4) is 0 Å². The van der Waals surface area contributed by atoms with Crippen molar-refractivity contribution >= 4 is 27.9 Å². The molecule has 0 atom stereocenters. The number of aryl methyl sites for hydroxylation is 3. The van der Waals surface area contributed by atoms with Gasteiger partial charge in [0, 0.05) is 24.4 Å². The van der Waals surface area contributed by atoms with E-state index in [-0.39, 0.29) is 12.3 Å². The largest absolute Gasteiger partial charge is 0.356 e. The van der Waals surface area contributed by atoms with Crippen LogP contribution in [0, 0.1) is 20.8 Å². The van der Waals surface area contributed by atoms with E-state index in [2.05, 4.69) is 54.3 Å². The van der Waals surface area contributed by atoms with E-state index < -0.39 is 0 Å². The molecule has 5 rings (SSSR count). The zero-order chi connectivity index (χ0) is 20.8. The fourth-order valence-corrected chi connectivity index (χ4v) is 4.56. The minimum Gasteiger partial charge on any atom is -0.356 e. The molecule has 154 valence electrons. The van der Waals surface area contributed by atoms with Gasteiger partial charge in [0.1, 0.15) is 11.5 Å². The lowest BCUT2D eigenvalue weighted by Crippen LogP contribution is -2.39. The first-order chi connectivity index (χ1) is 14.5. The number of likely N-dealkylation sites (tertiary alicyclic amines) is 1. The summed E-state index contributed by atoms with van der Waals surface area (Å²) in [6.07, 6.45) is 2.12. The number of nitrogens with zero attached hydrogens (tertiary/aromatic N) is 3. The van der Waals surface area contributed by atoms with Gasteiger partial charge in [0.25, 0.3) is 0 Å². The van der Waals surface area contributed by atoms with Gasteiger partial charge in [-0.1, -0.05) is 17.3 Å². The summed E-state index contributed by atoms with van der Waals surface area (Å²) in [6.45, 7) is 7.64. The average Bonchev–Trinajstić information content (AvgIpc) is 3.32. The molecule has 6 heteroatoms. The predicted molar refractivity (Wildman–Crippen MR) is 117 cm³/mol. The summed E-state index contributed by atoms with van der Waals surface area (Å²) in [5.74, 6) is 1.51. The highest BCUT2D eigenvalue weighted by atomic mass is 16.5. The van der Waals surface area contributed by atoms with Crippen LogP contribution in [0.15, 0.2) is 34.9 Å². The number of rotatable bonds is 3. The number of hydrogen-bond acceptors (Lipinski definition) is 4. The molecule has 6 nitrogen and oxygen atoms in total. The molecule has 1 amide bonds. The molecular formula is C24H26N4O2. The highest BCUT2D eigenvalue weighted by molar-refractivity contribution is 5.88. The van der Waals surface area contributed by atoms with Gasteiger partial charge in [0.15, 0.2) is 5.58 Å². The Bertz CT molecular complexity index is 1250. The highest BCUT2D eigenvalue weighted by Gasteiger charge is 2.27. The van der Waals surface area contributed by atoms with Gasteiger partial charge in [-0.05, 0) is 68.5 Å². The van der Waals surface area contributed by atoms with E-state index in [1.807, 2.05) is 11.8 Å². The average molecular weight is 402 g/mol. The Morgan fingerprint density at radius 1 is 1.13 bits per heavy atom. The second kappa shape index (κ2) is 7.27. The minimum absolute atomic E-state index is 0.114. The molecule has 1 aliphatic heterocycles. The lowest BCUT2D eigenvalue weighted by molar-refractivity contribution is -0.131. The number of carbonyl (C=O) groups excluding carboxylic acids is 1. The topological polar surface area (TPSA) is 75.0 Å². The first kappa shape index (κ1) is 18.9. The molecule has 30 heavy (non-hydrogen) atoms. The molecule has 3 heterocycles. The molecule has 1 saturated heterocycles. The van der Waals surface area contributed by atoms with E-state index in [0.717, 1.165) is 70.6 Å². The first-order valence-corrected chi connectivity index (χ1v) is 10.6. The fourth-order valence-electron chi connectivity index (χ4n) is 4.56. The number of fused-ring (bicyclic) bond motifs is 2. The van der Waals surface area contributed by atoms with Crippen LogP contribution in [0.4, 0.5) is 0 Å². The van der Waals surface area contributed by atoms with Crippen LogP contribution in [0.5, 0.6) is 0 Å². The summed E-state index contributed by atoms with van der Waals surface area (Å²) in [4.78, 5) is 23.1. The third-order valence-corrected chi connectivity index (χ3v) is 6.19. The van der Waals surface area contributed by atoms with Crippen molar-refractivity contribution in [1.29, 1.82) is 0 Å². The third kappa shape index (κ3) is 3.36. The van der Waals surface area contributed by atoms with E-state index >= 15 is 0 Å². The van der Waals surface area contributed by atoms with Gasteiger partial charge in [-0.3, -0.25) is 4.79 Å². The van der Waals surface area contributed by atoms with Crippen LogP contribution in [-0.2, 0) is 11.2 Å². The van der Waals surface area contributed by atoms with Gasteiger partial charge in [-0.15, -0.1) is 0 Å². The van der Waals surface area contributed by atoms with Crippen molar-refractivity contribution in [3.05, 3.63) is 58.5 Å². The number of hydrogen-bond donors (Lipinski definition) is 1. The summed E-state index contributed by atoms with van der Waals surface area (Å²) in [7, 11) is 0. The number of H-pyrrole nitrogens is 1. The van der Waals surface area contributed by atoms with Crippen LogP contribution < -0.4 is 0 Å². The Balaban J connectivity index is 1.27. The standard InChI is InChI=1S/C24H26N4O2/c1-14-4-5-19-21(12-14)26-24(25-19)17-6-8-28(9-7-17)22(29)13-20-18-11-15(2)10-16(3)23(18)30-27-20/h4-5,10-12,17H,6-9,13H2,1-3H3,(H,25,26). The number of amides is 1. The lowest BCUT2D eigenvalue weighted by Gasteiger charge is -2.31. The van der Waals surface area contributed by atoms with E-state index in [1.165, 1.54) is 5.56 Å². The van der Waals surface area contributed by atoms with E-state index in [9.17, 15) is 4.79 Å². The molecule has 1 N–H and O–H groups in total. The normalized spacial score (nSPS) is 15.4. The predicted octanol–water partition coefficient (Wildman–Crippen LogP) is 4.58. The maximum atomic E-state index is 12.9. The molecule has 1 aliphatic rings. The number of imidazole rings is 1. The fraction of sp³-hybridized carbons (Fsp3) is 0.375. The number of aromatic nitrogens is 3. The lowest BCUT2D eigenvalue weighted by atomic mass is 9.95. The van der Waals surface area contributed by atoms with Crippen molar-refractivity contribution < 1.29 is 9.32 Å². The van der Waals surface area contributed by atoms with Gasteiger partial charge in [-0.2, -0.15) is 0 Å². The molecule has 0 unspecified atom stereocenters. The minimum atomic E-state index is 0.114. The molecular weight excluding hydrogens is 376 g/mol. The number of carbonyl (C=O) groups is 1. The van der Waals surface area contributed by atoms with E-state index in [1.54, 1.807) is 0 Å². The molecule has 0 radical (unpaired) electrons. The Kier molecular flexibility index (Phi) is 4.57. The summed E-state index contributed by atoms with van der Waals surface area (Å²) < 4.78 is 5.50. The molecule has 0 aliphatic carbocycles. The van der Waals surface area contributed by atoms with Gasteiger partial charge >= 0.3 is 0 Å². The molecule has 0 bridgehead atoms. The smallest absolute Gasteiger partial charge is 0.228 e. The maximum absolute atomic E-state index is 12.9. The van der Waals surface area contributed by atoms with Gasteiger partial charge in [0.2, 0.25) is 5.91 Å². The van der Waals surface area contributed by atoms with Crippen LogP contribution in [0.1, 0.15) is 47.0 Å². The summed E-state index contributed by atoms with van der Waals surface area (Å²) in [5, 5.41) is 5.14. The van der Waals surface area contributed by atoms with E-state index in [4.69, 9.17) is 9.51 Å². The van der Waals surface area contributed by atoms with Crippen molar-refractivity contribution in [1.82, 2.24) is 20.0 Å². The molecule has 4 aromatic rings. The Morgan fingerprint density at radius 3 is 2.73 bits per heavy atom. The van der Waals surface area contributed by atoms with E-state index in [0.29, 0.717) is 5.92 Å². The van der Waals surface area contributed by atoms with Crippen molar-refractivity contribution in [3.8, 4) is 0 Å². The van der Waals surface area contributed by atoms with Crippen molar-refractivity contribution in [3.63, 3.8) is 0 Å². The zero-order valence-corrected chi connectivity index (χ0v) is 17.7. The van der Waals surface area contributed by atoms with Gasteiger partial charge < -0.3 is 14.4 Å². The molecule has 2 aromatic carbocycles. The van der Waals surface area contributed by atoms with Gasteiger partial charge in [-0.25, -0.2) is 4.98 Å². The van der Waals surface area contributed by atoms with Crippen LogP contribution >= 0.6 is 0 Å². The van der Waals surface area contributed by atoms with Crippen LogP contribution in [-0.4, -0.2) is 39.0 Å². The quantitative estimate of drug-likeness (QED) is 0.544. The number of benzene rings is 2. The van der Waals surface area contributed by atoms with Crippen LogP contribution in [0.25, 0.3) is 22.0 Å². The molecule has 2 aromatic heterocycles. The summed E-state index contributed by atoms with van der Waals surface area (Å²) >= 11 is 0. The Hall–Kier alpha value is -3.15. The number of nitrogens with one attached hydrogen (secondary N) is 1. The number of piperidine rings is 1. The summed E-state index contributed by atoms with van der Waals surface area (Å²) in [6, 6.07) is 10.4. The summed E-state index contributed by atoms with van der Waals surface area (Å²) in [5.41, 5.74) is 7.05. The molecule has 0 spiro atoms. The second-order valence-corrected chi connectivity index (χ2v) is 8.56. The van der Waals surface area contributed by atoms with Crippen molar-refractivity contribution in [2.45, 2.75) is 46.0 Å². The highest BCUT2D eigenvalue weighted by Crippen LogP contribution is 2.29. The number of aromatic amines is 1. The second-order valence-electron chi connectivity index (χ2n) is 8.56. The molecule has 1 fully saturated rings. The van der Waals surface area contributed by atoms with Gasteiger partial charge in [0.05, 0.1) is 17.5 Å². The third-order valence-electron chi connectivity index (χ3n) is 6.19. The zero-order valence-electron chi connectivity index (χ0n) is 17.7. The van der Waals surface area contributed by atoms with Crippen LogP contribution in [0.2, 0.25) is 0 Å². The Morgan fingerprint density at radius 2 is 1.93 bits per heavy atom. The van der Waals surface area contributed by atoms with Crippen molar-refractivity contribution in [2.75, 3.05) is 13.1 Å². The Labute approximate surface area is 175 Å². The molecule has 0 saturated carbocycles. The first-order valence-electron chi connectivity index (χ1n) is 10.6. The monoisotopic (exact) mass is 402 g/mol. The maximum Gasteiger partial charge on any atom is 0.228 e. The van der Waals surface area contributed by atoms with Crippen molar-refractivity contribution in [2.24, 2.45) is 0 Å². The SMILES string of the molecule is Cc1ccc2nc(C3CCN(C(=O)Cc4noc5c(C)cc(C)cc45)CC3)[nH]c2c1.